The van der Waals surface area contributed by atoms with Crippen molar-refractivity contribution in [3.8, 4) is 0 Å². The zero-order valence-corrected chi connectivity index (χ0v) is 16.0. The highest BCUT2D eigenvalue weighted by atomic mass is 35.5. The van der Waals surface area contributed by atoms with E-state index in [-0.39, 0.29) is 32.1 Å². The van der Waals surface area contributed by atoms with Gasteiger partial charge in [-0.15, -0.1) is 0 Å². The molecule has 0 aliphatic carbocycles. The molecule has 0 aliphatic rings. The van der Waals surface area contributed by atoms with E-state index in [4.69, 9.17) is 16.7 Å². The fourth-order valence-electron chi connectivity index (χ4n) is 2.44. The Bertz CT molecular complexity index is 962. The molecule has 0 radical (unpaired) electrons. The van der Waals surface area contributed by atoms with E-state index in [1.807, 2.05) is 0 Å². The molecule has 0 spiro atoms. The molecule has 11 heteroatoms. The Morgan fingerprint density at radius 3 is 2.97 bits per heavy atom. The van der Waals surface area contributed by atoms with E-state index < -0.39 is 5.82 Å². The minimum Gasteiger partial charge on any atom is -0.395 e. The van der Waals surface area contributed by atoms with Crippen molar-refractivity contribution in [3.05, 3.63) is 59.3 Å². The Hall–Kier alpha value is -3.24. The molecule has 1 amide bonds. The van der Waals surface area contributed by atoms with E-state index in [1.165, 1.54) is 16.9 Å². The molecule has 2 aromatic heterocycles. The number of halogens is 2. The van der Waals surface area contributed by atoms with Gasteiger partial charge in [-0.3, -0.25) is 9.48 Å². The van der Waals surface area contributed by atoms with E-state index >= 15 is 0 Å². The summed E-state index contributed by atoms with van der Waals surface area (Å²) in [5.74, 6) is 0.132. The Labute approximate surface area is 170 Å². The standard InChI is InChI=1S/C18H19ClFN7O2/c19-14-2-1-3-15(20)13(14)9-23-16-4-5-22-18(26-16)25-12-8-24-27(10-12)11-17(29)21-6-7-28/h1-5,8,10,28H,6-7,9,11H2,(H,21,29)(H2,22,23,25,26). The van der Waals surface area contributed by atoms with Crippen molar-refractivity contribution in [3.63, 3.8) is 0 Å². The summed E-state index contributed by atoms with van der Waals surface area (Å²) in [6.45, 7) is 0.260. The Morgan fingerprint density at radius 1 is 1.31 bits per heavy atom. The number of aromatic nitrogens is 4. The summed E-state index contributed by atoms with van der Waals surface area (Å²) in [4.78, 5) is 20.1. The second-order valence-electron chi connectivity index (χ2n) is 5.94. The summed E-state index contributed by atoms with van der Waals surface area (Å²) in [6, 6.07) is 6.16. The summed E-state index contributed by atoms with van der Waals surface area (Å²) < 4.78 is 15.3. The maximum atomic E-state index is 13.9. The number of carbonyl (C=O) groups excluding carboxylic acids is 1. The molecule has 0 saturated heterocycles. The maximum absolute atomic E-state index is 13.9. The van der Waals surface area contributed by atoms with E-state index in [2.05, 4.69) is 31.0 Å². The average Bonchev–Trinajstić information content (AvgIpc) is 3.13. The maximum Gasteiger partial charge on any atom is 0.241 e. The van der Waals surface area contributed by atoms with Crippen LogP contribution in [0.1, 0.15) is 5.56 Å². The van der Waals surface area contributed by atoms with Crippen molar-refractivity contribution < 1.29 is 14.3 Å². The zero-order valence-electron chi connectivity index (χ0n) is 15.3. The van der Waals surface area contributed by atoms with Crippen LogP contribution in [-0.4, -0.2) is 43.9 Å². The number of benzene rings is 1. The van der Waals surface area contributed by atoms with Crippen LogP contribution in [0.5, 0.6) is 0 Å². The number of nitrogens with one attached hydrogen (secondary N) is 3. The predicted octanol–water partition coefficient (Wildman–Crippen LogP) is 1.93. The fraction of sp³-hybridized carbons (Fsp3) is 0.222. The van der Waals surface area contributed by atoms with Crippen LogP contribution >= 0.6 is 11.6 Å². The second-order valence-corrected chi connectivity index (χ2v) is 6.35. The van der Waals surface area contributed by atoms with Crippen molar-refractivity contribution in [2.75, 3.05) is 23.8 Å². The lowest BCUT2D eigenvalue weighted by atomic mass is 10.2. The molecule has 0 saturated carbocycles. The van der Waals surface area contributed by atoms with E-state index in [9.17, 15) is 9.18 Å². The zero-order chi connectivity index (χ0) is 20.6. The average molecular weight is 420 g/mol. The van der Waals surface area contributed by atoms with E-state index in [0.29, 0.717) is 28.0 Å². The highest BCUT2D eigenvalue weighted by Crippen LogP contribution is 2.20. The molecule has 0 atom stereocenters. The monoisotopic (exact) mass is 419 g/mol. The van der Waals surface area contributed by atoms with Gasteiger partial charge in [0.25, 0.3) is 0 Å². The van der Waals surface area contributed by atoms with Crippen molar-refractivity contribution in [2.45, 2.75) is 13.1 Å². The van der Waals surface area contributed by atoms with Crippen molar-refractivity contribution in [1.82, 2.24) is 25.1 Å². The fourth-order valence-corrected chi connectivity index (χ4v) is 2.67. The number of hydrogen-bond acceptors (Lipinski definition) is 7. The summed E-state index contributed by atoms with van der Waals surface area (Å²) in [5, 5.41) is 21.7. The topological polar surface area (TPSA) is 117 Å². The quantitative estimate of drug-likeness (QED) is 0.418. The third-order valence-electron chi connectivity index (χ3n) is 3.79. The van der Waals surface area contributed by atoms with Crippen LogP contribution in [0.3, 0.4) is 0 Å². The number of aliphatic hydroxyl groups is 1. The third kappa shape index (κ3) is 5.87. The predicted molar refractivity (Wildman–Crippen MR) is 106 cm³/mol. The van der Waals surface area contributed by atoms with Crippen LogP contribution < -0.4 is 16.0 Å². The molecule has 29 heavy (non-hydrogen) atoms. The Morgan fingerprint density at radius 2 is 2.17 bits per heavy atom. The number of rotatable bonds is 9. The summed E-state index contributed by atoms with van der Waals surface area (Å²) >= 11 is 6.03. The second kappa shape index (κ2) is 9.80. The van der Waals surface area contributed by atoms with Gasteiger partial charge in [0.1, 0.15) is 18.2 Å². The first-order chi connectivity index (χ1) is 14.0. The molecule has 0 unspecified atom stereocenters. The minimum absolute atomic E-state index is 0.0214. The Kier molecular flexibility index (Phi) is 6.93. The molecular weight excluding hydrogens is 401 g/mol. The first-order valence-corrected chi connectivity index (χ1v) is 9.10. The van der Waals surface area contributed by atoms with Crippen LogP contribution in [0.15, 0.2) is 42.9 Å². The van der Waals surface area contributed by atoms with Gasteiger partial charge in [0.2, 0.25) is 11.9 Å². The first-order valence-electron chi connectivity index (χ1n) is 8.72. The van der Waals surface area contributed by atoms with Crippen LogP contribution in [-0.2, 0) is 17.9 Å². The number of aliphatic hydroxyl groups excluding tert-OH is 1. The van der Waals surface area contributed by atoms with Gasteiger partial charge < -0.3 is 21.1 Å². The van der Waals surface area contributed by atoms with Gasteiger partial charge in [-0.2, -0.15) is 10.1 Å². The van der Waals surface area contributed by atoms with Gasteiger partial charge in [-0.05, 0) is 18.2 Å². The largest absolute Gasteiger partial charge is 0.395 e. The highest BCUT2D eigenvalue weighted by Gasteiger charge is 2.08. The normalized spacial score (nSPS) is 10.6. The van der Waals surface area contributed by atoms with Crippen LogP contribution in [0.4, 0.5) is 21.8 Å². The molecule has 0 fully saturated rings. The van der Waals surface area contributed by atoms with Gasteiger partial charge in [0, 0.05) is 36.1 Å². The molecule has 1 aromatic carbocycles. The molecule has 3 aromatic rings. The minimum atomic E-state index is -0.396. The molecule has 0 bridgehead atoms. The molecule has 0 aliphatic heterocycles. The third-order valence-corrected chi connectivity index (χ3v) is 4.15. The van der Waals surface area contributed by atoms with Crippen molar-refractivity contribution in [1.29, 1.82) is 0 Å². The SMILES string of the molecule is O=C(Cn1cc(Nc2nccc(NCc3c(F)cccc3Cl)n2)cn1)NCCO. The van der Waals surface area contributed by atoms with Crippen LogP contribution in [0.25, 0.3) is 0 Å². The van der Waals surface area contributed by atoms with E-state index in [1.54, 1.807) is 30.6 Å². The van der Waals surface area contributed by atoms with Gasteiger partial charge in [-0.1, -0.05) is 17.7 Å². The summed E-state index contributed by atoms with van der Waals surface area (Å²) in [5.41, 5.74) is 0.942. The van der Waals surface area contributed by atoms with Crippen molar-refractivity contribution in [2.24, 2.45) is 0 Å². The Balaban J connectivity index is 1.59. The number of carbonyl (C=O) groups is 1. The molecular formula is C18H19ClFN7O2. The molecule has 2 heterocycles. The molecule has 9 nitrogen and oxygen atoms in total. The number of anilines is 3. The summed E-state index contributed by atoms with van der Waals surface area (Å²) in [6.07, 6.45) is 4.70. The lowest BCUT2D eigenvalue weighted by Gasteiger charge is -2.09. The molecule has 4 N–H and O–H groups in total. The first kappa shape index (κ1) is 20.5. The van der Waals surface area contributed by atoms with E-state index in [0.717, 1.165) is 0 Å². The highest BCUT2D eigenvalue weighted by molar-refractivity contribution is 6.31. The smallest absolute Gasteiger partial charge is 0.241 e. The van der Waals surface area contributed by atoms with Gasteiger partial charge in [0.05, 0.1) is 18.5 Å². The van der Waals surface area contributed by atoms with Gasteiger partial charge in [-0.25, -0.2) is 9.37 Å². The summed E-state index contributed by atoms with van der Waals surface area (Å²) in [7, 11) is 0. The molecule has 3 rings (SSSR count). The van der Waals surface area contributed by atoms with Gasteiger partial charge in [0.15, 0.2) is 0 Å². The number of hydrogen-bond donors (Lipinski definition) is 4. The molecule has 152 valence electrons. The van der Waals surface area contributed by atoms with Gasteiger partial charge >= 0.3 is 0 Å². The van der Waals surface area contributed by atoms with Crippen molar-refractivity contribution >= 4 is 35.0 Å². The lowest BCUT2D eigenvalue weighted by Crippen LogP contribution is -2.30. The number of amides is 1. The lowest BCUT2D eigenvalue weighted by molar-refractivity contribution is -0.122. The number of nitrogens with zero attached hydrogens (tertiary/aromatic N) is 4. The van der Waals surface area contributed by atoms with Crippen LogP contribution in [0, 0.1) is 5.82 Å². The van der Waals surface area contributed by atoms with Crippen LogP contribution in [0.2, 0.25) is 5.02 Å².